The molecule has 0 saturated heterocycles. The molecule has 0 aliphatic carbocycles. The minimum Gasteiger partial charge on any atom is -0.307 e. The molecule has 0 spiro atoms. The molecule has 0 aromatic heterocycles. The summed E-state index contributed by atoms with van der Waals surface area (Å²) in [4.78, 5) is 11.8. The van der Waals surface area contributed by atoms with Gasteiger partial charge in [-0.3, -0.25) is 0 Å². The molecule has 0 radical (unpaired) electrons. The van der Waals surface area contributed by atoms with E-state index in [4.69, 9.17) is 0 Å². The summed E-state index contributed by atoms with van der Waals surface area (Å²) < 4.78 is 14.5. The molecule has 0 aliphatic rings. The van der Waals surface area contributed by atoms with Crippen LogP contribution in [0.2, 0.25) is 0 Å². The predicted molar refractivity (Wildman–Crippen MR) is 82.9 cm³/mol. The van der Waals surface area contributed by atoms with Gasteiger partial charge in [0, 0.05) is 9.26 Å². The topological polar surface area (TPSA) is 41.1 Å². The highest BCUT2D eigenvalue weighted by Gasteiger charge is 2.07. The van der Waals surface area contributed by atoms with Crippen LogP contribution < -0.4 is 10.6 Å². The van der Waals surface area contributed by atoms with Crippen molar-refractivity contribution in [2.24, 2.45) is 0 Å². The van der Waals surface area contributed by atoms with E-state index in [1.54, 1.807) is 12.1 Å². The average Bonchev–Trinajstić information content (AvgIpc) is 2.36. The highest BCUT2D eigenvalue weighted by atomic mass is 127. The second kappa shape index (κ2) is 6.01. The number of carbonyl (C=O) groups is 1. The first-order valence-electron chi connectivity index (χ1n) is 5.65. The molecule has 0 heterocycles. The maximum Gasteiger partial charge on any atom is 0.323 e. The zero-order valence-electron chi connectivity index (χ0n) is 10.2. The third kappa shape index (κ3) is 3.66. The van der Waals surface area contributed by atoms with E-state index in [1.165, 1.54) is 12.1 Å². The van der Waals surface area contributed by atoms with Crippen LogP contribution in [0.4, 0.5) is 20.6 Å². The monoisotopic (exact) mass is 370 g/mol. The Morgan fingerprint density at radius 2 is 1.79 bits per heavy atom. The van der Waals surface area contributed by atoms with Gasteiger partial charge in [0.05, 0.1) is 5.69 Å². The number of urea groups is 1. The number of aryl methyl sites for hydroxylation is 1. The summed E-state index contributed by atoms with van der Waals surface area (Å²) in [5, 5.41) is 5.17. The van der Waals surface area contributed by atoms with E-state index < -0.39 is 11.8 Å². The van der Waals surface area contributed by atoms with Crippen molar-refractivity contribution < 1.29 is 9.18 Å². The highest BCUT2D eigenvalue weighted by molar-refractivity contribution is 14.1. The molecular formula is C14H12FIN2O. The molecule has 2 amide bonds. The van der Waals surface area contributed by atoms with E-state index in [0.717, 1.165) is 9.13 Å². The summed E-state index contributed by atoms with van der Waals surface area (Å²) >= 11 is 2.20. The number of para-hydroxylation sites is 1. The van der Waals surface area contributed by atoms with Crippen molar-refractivity contribution in [2.75, 3.05) is 10.6 Å². The second-order valence-corrected chi connectivity index (χ2v) is 5.26. The zero-order valence-corrected chi connectivity index (χ0v) is 12.4. The number of hydrogen-bond donors (Lipinski definition) is 2. The molecule has 98 valence electrons. The molecular weight excluding hydrogens is 358 g/mol. The quantitative estimate of drug-likeness (QED) is 0.757. The fourth-order valence-electron chi connectivity index (χ4n) is 1.61. The van der Waals surface area contributed by atoms with Crippen LogP contribution in [0.3, 0.4) is 0 Å². The van der Waals surface area contributed by atoms with Gasteiger partial charge >= 0.3 is 6.03 Å². The van der Waals surface area contributed by atoms with Crippen molar-refractivity contribution in [2.45, 2.75) is 6.92 Å². The van der Waals surface area contributed by atoms with Gasteiger partial charge in [0.1, 0.15) is 5.82 Å². The lowest BCUT2D eigenvalue weighted by Crippen LogP contribution is -2.20. The standard InChI is InChI=1S/C14H12FIN2O/c1-9-8-10(16)6-7-12(9)17-14(19)18-13-5-3-2-4-11(13)15/h2-8H,1H3,(H2,17,18,19). The molecule has 0 bridgehead atoms. The maximum absolute atomic E-state index is 13.4. The third-order valence-electron chi connectivity index (χ3n) is 2.56. The molecule has 3 nitrogen and oxygen atoms in total. The molecule has 5 heteroatoms. The third-order valence-corrected chi connectivity index (χ3v) is 3.23. The Hall–Kier alpha value is -1.63. The number of carbonyl (C=O) groups excluding carboxylic acids is 1. The molecule has 2 rings (SSSR count). The van der Waals surface area contributed by atoms with Crippen LogP contribution in [-0.2, 0) is 0 Å². The van der Waals surface area contributed by atoms with E-state index in [-0.39, 0.29) is 5.69 Å². The molecule has 0 atom stereocenters. The van der Waals surface area contributed by atoms with Gasteiger partial charge in [0.2, 0.25) is 0 Å². The Labute approximate surface area is 124 Å². The summed E-state index contributed by atoms with van der Waals surface area (Å²) in [6.45, 7) is 1.90. The first-order chi connectivity index (χ1) is 9.06. The van der Waals surface area contributed by atoms with Crippen LogP contribution in [0.5, 0.6) is 0 Å². The van der Waals surface area contributed by atoms with Crippen LogP contribution >= 0.6 is 22.6 Å². The van der Waals surface area contributed by atoms with Gasteiger partial charge in [-0.25, -0.2) is 9.18 Å². The van der Waals surface area contributed by atoms with Gasteiger partial charge in [-0.05, 0) is 65.4 Å². The van der Waals surface area contributed by atoms with Crippen molar-refractivity contribution in [1.29, 1.82) is 0 Å². The summed E-state index contributed by atoms with van der Waals surface area (Å²) in [7, 11) is 0. The van der Waals surface area contributed by atoms with Gasteiger partial charge in [-0.15, -0.1) is 0 Å². The fraction of sp³-hybridized carbons (Fsp3) is 0.0714. The normalized spacial score (nSPS) is 10.1. The molecule has 0 saturated carbocycles. The Morgan fingerprint density at radius 1 is 1.11 bits per heavy atom. The number of hydrogen-bond acceptors (Lipinski definition) is 1. The summed E-state index contributed by atoms with van der Waals surface area (Å²) in [6.07, 6.45) is 0. The van der Waals surface area contributed by atoms with Crippen molar-refractivity contribution in [3.05, 3.63) is 57.4 Å². The predicted octanol–water partition coefficient (Wildman–Crippen LogP) is 4.38. The minimum absolute atomic E-state index is 0.156. The summed E-state index contributed by atoms with van der Waals surface area (Å²) in [5.74, 6) is -0.461. The first kappa shape index (κ1) is 13.8. The maximum atomic E-state index is 13.4. The van der Waals surface area contributed by atoms with Crippen molar-refractivity contribution in [3.8, 4) is 0 Å². The number of benzene rings is 2. The van der Waals surface area contributed by atoms with Crippen LogP contribution in [-0.4, -0.2) is 6.03 Å². The SMILES string of the molecule is Cc1cc(I)ccc1NC(=O)Nc1ccccc1F. The second-order valence-electron chi connectivity index (χ2n) is 4.02. The molecule has 2 aromatic carbocycles. The molecule has 0 aliphatic heterocycles. The van der Waals surface area contributed by atoms with Crippen LogP contribution in [0.15, 0.2) is 42.5 Å². The van der Waals surface area contributed by atoms with Gasteiger partial charge in [-0.1, -0.05) is 12.1 Å². The first-order valence-corrected chi connectivity index (χ1v) is 6.73. The van der Waals surface area contributed by atoms with E-state index >= 15 is 0 Å². The molecule has 19 heavy (non-hydrogen) atoms. The average molecular weight is 370 g/mol. The number of nitrogens with one attached hydrogen (secondary N) is 2. The Bertz CT molecular complexity index is 616. The number of amides is 2. The molecule has 2 aromatic rings. The Kier molecular flexibility index (Phi) is 4.36. The van der Waals surface area contributed by atoms with Crippen LogP contribution in [0.1, 0.15) is 5.56 Å². The van der Waals surface area contributed by atoms with Crippen molar-refractivity contribution >= 4 is 40.0 Å². The fourth-order valence-corrected chi connectivity index (χ4v) is 2.25. The van der Waals surface area contributed by atoms with Gasteiger partial charge in [-0.2, -0.15) is 0 Å². The van der Waals surface area contributed by atoms with Crippen LogP contribution in [0.25, 0.3) is 0 Å². The Morgan fingerprint density at radius 3 is 2.47 bits per heavy atom. The van der Waals surface area contributed by atoms with Gasteiger partial charge in [0.15, 0.2) is 0 Å². The van der Waals surface area contributed by atoms with Crippen molar-refractivity contribution in [1.82, 2.24) is 0 Å². The molecule has 0 fully saturated rings. The highest BCUT2D eigenvalue weighted by Crippen LogP contribution is 2.18. The smallest absolute Gasteiger partial charge is 0.307 e. The molecule has 2 N–H and O–H groups in total. The van der Waals surface area contributed by atoms with Gasteiger partial charge in [0.25, 0.3) is 0 Å². The van der Waals surface area contributed by atoms with E-state index in [0.29, 0.717) is 5.69 Å². The zero-order chi connectivity index (χ0) is 13.8. The van der Waals surface area contributed by atoms with Crippen molar-refractivity contribution in [3.63, 3.8) is 0 Å². The van der Waals surface area contributed by atoms with Crippen LogP contribution in [0, 0.1) is 16.3 Å². The number of halogens is 2. The van der Waals surface area contributed by atoms with Gasteiger partial charge < -0.3 is 10.6 Å². The lowest BCUT2D eigenvalue weighted by Gasteiger charge is -2.10. The van der Waals surface area contributed by atoms with E-state index in [1.807, 2.05) is 25.1 Å². The summed E-state index contributed by atoms with van der Waals surface area (Å²) in [6, 6.07) is 11.2. The lowest BCUT2D eigenvalue weighted by molar-refractivity contribution is 0.262. The number of rotatable bonds is 2. The minimum atomic E-state index is -0.464. The molecule has 0 unspecified atom stereocenters. The number of anilines is 2. The largest absolute Gasteiger partial charge is 0.323 e. The van der Waals surface area contributed by atoms with E-state index in [9.17, 15) is 9.18 Å². The van der Waals surface area contributed by atoms with E-state index in [2.05, 4.69) is 33.2 Å². The summed E-state index contributed by atoms with van der Waals surface area (Å²) in [5.41, 5.74) is 1.81. The Balaban J connectivity index is 2.08. The lowest BCUT2D eigenvalue weighted by atomic mass is 10.2.